The summed E-state index contributed by atoms with van der Waals surface area (Å²) in [5.41, 5.74) is 5.15. The summed E-state index contributed by atoms with van der Waals surface area (Å²) in [5.74, 6) is -1.63. The average molecular weight is 298 g/mol. The molecular weight excluding hydrogens is 276 g/mol. The molecule has 8 heteroatoms. The van der Waals surface area contributed by atoms with Crippen LogP contribution in [0.4, 0.5) is 0 Å². The lowest BCUT2D eigenvalue weighted by molar-refractivity contribution is -0.139. The topological polar surface area (TPSA) is 128 Å². The number of aliphatic carboxylic acids is 1. The Morgan fingerprint density at radius 3 is 2.33 bits per heavy atom. The largest absolute Gasteiger partial charge is 0.480 e. The highest BCUT2D eigenvalue weighted by atomic mass is 16.4. The van der Waals surface area contributed by atoms with Crippen molar-refractivity contribution < 1.29 is 19.5 Å². The van der Waals surface area contributed by atoms with Crippen LogP contribution in [-0.2, 0) is 14.4 Å². The van der Waals surface area contributed by atoms with E-state index in [0.717, 1.165) is 0 Å². The normalized spacial score (nSPS) is 12.1. The zero-order valence-electron chi connectivity index (χ0n) is 12.4. The van der Waals surface area contributed by atoms with Crippen molar-refractivity contribution in [2.75, 3.05) is 32.7 Å². The summed E-state index contributed by atoms with van der Waals surface area (Å²) in [6.45, 7) is 3.43. The molecule has 0 saturated heterocycles. The number of Topliss-reactive ketones (excluding diaryl/α,β-unsaturated/α-hetero) is 1. The molecule has 0 heterocycles. The van der Waals surface area contributed by atoms with Gasteiger partial charge in [-0.2, -0.15) is 5.26 Å². The second-order valence-electron chi connectivity index (χ2n) is 4.83. The van der Waals surface area contributed by atoms with Gasteiger partial charge in [0.05, 0.1) is 32.2 Å². The van der Waals surface area contributed by atoms with Gasteiger partial charge >= 0.3 is 5.97 Å². The molecule has 0 radical (unpaired) electrons. The van der Waals surface area contributed by atoms with Crippen LogP contribution in [0.2, 0.25) is 0 Å². The fourth-order valence-electron chi connectivity index (χ4n) is 1.89. The van der Waals surface area contributed by atoms with Crippen LogP contribution in [0, 0.1) is 11.3 Å². The molecule has 0 aromatic heterocycles. The zero-order valence-corrected chi connectivity index (χ0v) is 12.4. The van der Waals surface area contributed by atoms with Gasteiger partial charge in [-0.1, -0.05) is 6.92 Å². The number of nitrogens with two attached hydrogens (primary N) is 1. The van der Waals surface area contributed by atoms with Crippen LogP contribution in [0.1, 0.15) is 20.3 Å². The van der Waals surface area contributed by atoms with Crippen LogP contribution in [-0.4, -0.2) is 71.3 Å². The van der Waals surface area contributed by atoms with Crippen LogP contribution in [0.5, 0.6) is 0 Å². The molecule has 8 nitrogen and oxygen atoms in total. The summed E-state index contributed by atoms with van der Waals surface area (Å²) in [4.78, 5) is 36.4. The minimum Gasteiger partial charge on any atom is -0.480 e. The quantitative estimate of drug-likeness (QED) is 0.471. The maximum Gasteiger partial charge on any atom is 0.317 e. The first-order valence-corrected chi connectivity index (χ1v) is 6.65. The lowest BCUT2D eigenvalue weighted by Gasteiger charge is -2.30. The summed E-state index contributed by atoms with van der Waals surface area (Å²) < 4.78 is 0. The number of nitriles is 1. The monoisotopic (exact) mass is 298 g/mol. The van der Waals surface area contributed by atoms with E-state index in [2.05, 4.69) is 0 Å². The highest BCUT2D eigenvalue weighted by molar-refractivity contribution is 5.81. The fourth-order valence-corrected chi connectivity index (χ4v) is 1.89. The summed E-state index contributed by atoms with van der Waals surface area (Å²) >= 11 is 0. The van der Waals surface area contributed by atoms with Crippen molar-refractivity contribution in [3.8, 4) is 6.07 Å². The molecule has 0 saturated carbocycles. The van der Waals surface area contributed by atoms with E-state index in [4.69, 9.17) is 16.1 Å². The van der Waals surface area contributed by atoms with Gasteiger partial charge in [0.2, 0.25) is 5.91 Å². The number of carboxylic acids is 1. The van der Waals surface area contributed by atoms with Gasteiger partial charge < -0.3 is 10.8 Å². The molecule has 0 unspecified atom stereocenters. The van der Waals surface area contributed by atoms with Crippen LogP contribution < -0.4 is 5.73 Å². The van der Waals surface area contributed by atoms with Crippen molar-refractivity contribution in [1.29, 1.82) is 5.26 Å². The third-order valence-electron chi connectivity index (χ3n) is 2.93. The first kappa shape index (κ1) is 19.0. The fraction of sp³-hybridized carbons (Fsp3) is 0.692. The molecule has 0 bridgehead atoms. The molecule has 0 aliphatic heterocycles. The van der Waals surface area contributed by atoms with Crippen molar-refractivity contribution in [3.63, 3.8) is 0 Å². The number of ketones is 1. The summed E-state index contributed by atoms with van der Waals surface area (Å²) in [6.07, 6.45) is 0.348. The van der Waals surface area contributed by atoms with E-state index >= 15 is 0 Å². The Balaban J connectivity index is 4.76. The Morgan fingerprint density at radius 2 is 1.90 bits per heavy atom. The number of carbonyl (C=O) groups is 3. The minimum absolute atomic E-state index is 0.0338. The molecule has 21 heavy (non-hydrogen) atoms. The standard InChI is InChI=1S/C13H22N4O4/c1-3-11(18)7-16(8-12(15)19)6-10(2)17(5-4-14)9-13(20)21/h10H,3,5-9H2,1-2H3,(H2,15,19)(H,20,21)/t10-/m0/s1. The smallest absolute Gasteiger partial charge is 0.317 e. The van der Waals surface area contributed by atoms with E-state index in [9.17, 15) is 14.4 Å². The van der Waals surface area contributed by atoms with Crippen molar-refractivity contribution in [3.05, 3.63) is 0 Å². The third kappa shape index (κ3) is 8.73. The summed E-state index contributed by atoms with van der Waals surface area (Å²) in [5, 5.41) is 17.6. The second kappa shape index (κ2) is 9.85. The van der Waals surface area contributed by atoms with E-state index in [1.807, 2.05) is 6.07 Å². The Hall–Kier alpha value is -1.98. The van der Waals surface area contributed by atoms with E-state index < -0.39 is 11.9 Å². The van der Waals surface area contributed by atoms with Gasteiger partial charge in [0, 0.05) is 19.0 Å². The first-order chi connectivity index (χ1) is 9.79. The molecule has 0 aliphatic rings. The maximum atomic E-state index is 11.5. The Morgan fingerprint density at radius 1 is 1.29 bits per heavy atom. The maximum absolute atomic E-state index is 11.5. The number of hydrogen-bond donors (Lipinski definition) is 2. The van der Waals surface area contributed by atoms with Crippen molar-refractivity contribution >= 4 is 17.7 Å². The van der Waals surface area contributed by atoms with Gasteiger partial charge in [0.25, 0.3) is 0 Å². The van der Waals surface area contributed by atoms with Gasteiger partial charge in [-0.05, 0) is 6.92 Å². The minimum atomic E-state index is -1.04. The number of nitrogens with zero attached hydrogens (tertiary/aromatic N) is 3. The molecule has 0 aromatic rings. The van der Waals surface area contributed by atoms with Gasteiger partial charge in [-0.15, -0.1) is 0 Å². The molecule has 0 rings (SSSR count). The lowest BCUT2D eigenvalue weighted by Crippen LogP contribution is -2.47. The van der Waals surface area contributed by atoms with Crippen molar-refractivity contribution in [2.24, 2.45) is 5.73 Å². The molecule has 1 atom stereocenters. The molecule has 0 fully saturated rings. The third-order valence-corrected chi connectivity index (χ3v) is 2.93. The highest BCUT2D eigenvalue weighted by Crippen LogP contribution is 2.03. The highest BCUT2D eigenvalue weighted by Gasteiger charge is 2.21. The predicted octanol–water partition coefficient (Wildman–Crippen LogP) is -0.949. The average Bonchev–Trinajstić information content (AvgIpc) is 2.36. The predicted molar refractivity (Wildman–Crippen MR) is 75.2 cm³/mol. The van der Waals surface area contributed by atoms with E-state index in [-0.39, 0.29) is 44.5 Å². The number of hydrogen-bond acceptors (Lipinski definition) is 6. The van der Waals surface area contributed by atoms with Gasteiger partial charge in [-0.3, -0.25) is 24.2 Å². The number of carboxylic acid groups (broad SMARTS) is 1. The van der Waals surface area contributed by atoms with E-state index in [0.29, 0.717) is 6.42 Å². The van der Waals surface area contributed by atoms with Gasteiger partial charge in [0.15, 0.2) is 0 Å². The van der Waals surface area contributed by atoms with Crippen LogP contribution in [0.25, 0.3) is 0 Å². The number of rotatable bonds is 11. The van der Waals surface area contributed by atoms with E-state index in [1.165, 1.54) is 4.90 Å². The van der Waals surface area contributed by atoms with Crippen molar-refractivity contribution in [2.45, 2.75) is 26.3 Å². The van der Waals surface area contributed by atoms with Crippen LogP contribution >= 0.6 is 0 Å². The molecule has 118 valence electrons. The molecule has 0 aromatic carbocycles. The lowest BCUT2D eigenvalue weighted by atomic mass is 10.2. The second-order valence-corrected chi connectivity index (χ2v) is 4.83. The SMILES string of the molecule is CCC(=O)CN(CC(N)=O)C[C@H](C)N(CC#N)CC(=O)O. The summed E-state index contributed by atoms with van der Waals surface area (Å²) in [6, 6.07) is 1.60. The Labute approximate surface area is 124 Å². The van der Waals surface area contributed by atoms with Crippen molar-refractivity contribution in [1.82, 2.24) is 9.80 Å². The Bertz CT molecular complexity index is 419. The van der Waals surface area contributed by atoms with Gasteiger partial charge in [0.1, 0.15) is 5.78 Å². The molecule has 0 spiro atoms. The van der Waals surface area contributed by atoms with Crippen LogP contribution in [0.3, 0.4) is 0 Å². The van der Waals surface area contributed by atoms with Gasteiger partial charge in [-0.25, -0.2) is 0 Å². The van der Waals surface area contributed by atoms with Crippen LogP contribution in [0.15, 0.2) is 0 Å². The Kier molecular flexibility index (Phi) is 8.92. The molecule has 3 N–H and O–H groups in total. The number of amides is 1. The summed E-state index contributed by atoms with van der Waals surface area (Å²) in [7, 11) is 0. The molecule has 1 amide bonds. The number of primary amides is 1. The zero-order chi connectivity index (χ0) is 16.4. The molecule has 0 aliphatic carbocycles. The first-order valence-electron chi connectivity index (χ1n) is 6.65. The van der Waals surface area contributed by atoms with E-state index in [1.54, 1.807) is 18.7 Å². The number of carbonyl (C=O) groups excluding carboxylic acids is 2. The molecular formula is C13H22N4O4.